The number of nitrogens with two attached hydrogens (primary N) is 1. The van der Waals surface area contributed by atoms with Gasteiger partial charge in [-0.2, -0.15) is 0 Å². The van der Waals surface area contributed by atoms with Crippen molar-refractivity contribution in [2.45, 2.75) is 25.3 Å². The Hall–Kier alpha value is -1.58. The molecule has 0 bridgehead atoms. The van der Waals surface area contributed by atoms with E-state index >= 15 is 0 Å². The molecule has 2 unspecified atom stereocenters. The van der Waals surface area contributed by atoms with Gasteiger partial charge in [0.1, 0.15) is 5.76 Å². The average molecular weight is 284 g/mol. The Kier molecular flexibility index (Phi) is 4.73. The highest BCUT2D eigenvalue weighted by Gasteiger charge is 2.29. The van der Waals surface area contributed by atoms with E-state index in [2.05, 4.69) is 41.3 Å². The number of furan rings is 1. The molecule has 0 amide bonds. The van der Waals surface area contributed by atoms with Gasteiger partial charge in [-0.1, -0.05) is 30.3 Å². The van der Waals surface area contributed by atoms with E-state index in [4.69, 9.17) is 10.2 Å². The van der Waals surface area contributed by atoms with Crippen LogP contribution < -0.4 is 5.73 Å². The third-order valence-electron chi connectivity index (χ3n) is 4.42. The summed E-state index contributed by atoms with van der Waals surface area (Å²) in [6, 6.07) is 15.0. The third-order valence-corrected chi connectivity index (χ3v) is 4.42. The van der Waals surface area contributed by atoms with Crippen molar-refractivity contribution in [1.82, 2.24) is 4.90 Å². The fourth-order valence-corrected chi connectivity index (χ4v) is 3.44. The normalized spacial score (nSPS) is 21.3. The molecular formula is C18H24N2O. The highest BCUT2D eigenvalue weighted by molar-refractivity contribution is 5.26. The maximum Gasteiger partial charge on any atom is 0.125 e. The van der Waals surface area contributed by atoms with Gasteiger partial charge in [0.15, 0.2) is 0 Å². The topological polar surface area (TPSA) is 42.4 Å². The second-order valence-corrected chi connectivity index (χ2v) is 5.91. The van der Waals surface area contributed by atoms with Crippen LogP contribution in [0.3, 0.4) is 0 Å². The van der Waals surface area contributed by atoms with Crippen LogP contribution in [0.1, 0.15) is 36.6 Å². The van der Waals surface area contributed by atoms with E-state index in [1.165, 1.54) is 18.4 Å². The van der Waals surface area contributed by atoms with Crippen molar-refractivity contribution >= 4 is 0 Å². The van der Waals surface area contributed by atoms with Crippen molar-refractivity contribution in [3.8, 4) is 0 Å². The van der Waals surface area contributed by atoms with Crippen LogP contribution in [0.5, 0.6) is 0 Å². The standard InChI is InChI=1S/C18H24N2O/c19-11-10-15-6-4-12-20(14-15)18(17-9-5-13-21-17)16-7-2-1-3-8-16/h1-3,5,7-9,13,15,18H,4,6,10-12,14,19H2. The molecule has 0 radical (unpaired) electrons. The first-order valence-electron chi connectivity index (χ1n) is 7.91. The van der Waals surface area contributed by atoms with Crippen LogP contribution in [-0.2, 0) is 0 Å². The summed E-state index contributed by atoms with van der Waals surface area (Å²) in [5, 5.41) is 0. The van der Waals surface area contributed by atoms with Crippen molar-refractivity contribution in [1.29, 1.82) is 0 Å². The molecule has 0 saturated carbocycles. The van der Waals surface area contributed by atoms with Crippen LogP contribution in [0, 0.1) is 5.92 Å². The van der Waals surface area contributed by atoms with Gasteiger partial charge in [0.25, 0.3) is 0 Å². The number of nitrogens with zero attached hydrogens (tertiary/aromatic N) is 1. The summed E-state index contributed by atoms with van der Waals surface area (Å²) in [4.78, 5) is 2.55. The molecule has 0 aliphatic carbocycles. The minimum Gasteiger partial charge on any atom is -0.467 e. The fraction of sp³-hybridized carbons (Fsp3) is 0.444. The zero-order valence-corrected chi connectivity index (χ0v) is 12.4. The van der Waals surface area contributed by atoms with Gasteiger partial charge in [0, 0.05) is 6.54 Å². The number of rotatable bonds is 5. The summed E-state index contributed by atoms with van der Waals surface area (Å²) in [7, 11) is 0. The Morgan fingerprint density at radius 2 is 2.05 bits per heavy atom. The quantitative estimate of drug-likeness (QED) is 0.914. The Balaban J connectivity index is 1.85. The summed E-state index contributed by atoms with van der Waals surface area (Å²) in [5.41, 5.74) is 7.06. The maximum atomic E-state index is 5.75. The molecule has 2 atom stereocenters. The molecule has 1 fully saturated rings. The van der Waals surface area contributed by atoms with E-state index in [0.717, 1.165) is 31.8 Å². The van der Waals surface area contributed by atoms with Gasteiger partial charge in [-0.15, -0.1) is 0 Å². The second kappa shape index (κ2) is 6.92. The van der Waals surface area contributed by atoms with Crippen LogP contribution in [0.25, 0.3) is 0 Å². The lowest BCUT2D eigenvalue weighted by Crippen LogP contribution is -2.39. The predicted molar refractivity (Wildman–Crippen MR) is 85.0 cm³/mol. The largest absolute Gasteiger partial charge is 0.467 e. The Labute approximate surface area is 126 Å². The summed E-state index contributed by atoms with van der Waals surface area (Å²) in [6.07, 6.45) is 5.44. The zero-order chi connectivity index (χ0) is 14.5. The summed E-state index contributed by atoms with van der Waals surface area (Å²) < 4.78 is 5.73. The summed E-state index contributed by atoms with van der Waals surface area (Å²) in [5.74, 6) is 1.75. The molecule has 1 saturated heterocycles. The highest BCUT2D eigenvalue weighted by atomic mass is 16.3. The Morgan fingerprint density at radius 3 is 2.76 bits per heavy atom. The summed E-state index contributed by atoms with van der Waals surface area (Å²) in [6.45, 7) is 3.02. The van der Waals surface area contributed by atoms with E-state index < -0.39 is 0 Å². The molecule has 21 heavy (non-hydrogen) atoms. The number of hydrogen-bond acceptors (Lipinski definition) is 3. The van der Waals surface area contributed by atoms with Crippen LogP contribution in [0.2, 0.25) is 0 Å². The van der Waals surface area contributed by atoms with E-state index in [0.29, 0.717) is 5.92 Å². The van der Waals surface area contributed by atoms with Gasteiger partial charge in [-0.05, 0) is 56.0 Å². The van der Waals surface area contributed by atoms with E-state index in [-0.39, 0.29) is 6.04 Å². The van der Waals surface area contributed by atoms with Gasteiger partial charge in [0.05, 0.1) is 12.3 Å². The molecule has 2 N–H and O–H groups in total. The second-order valence-electron chi connectivity index (χ2n) is 5.91. The molecule has 3 nitrogen and oxygen atoms in total. The van der Waals surface area contributed by atoms with Crippen molar-refractivity contribution in [3.63, 3.8) is 0 Å². The first kappa shape index (κ1) is 14.4. The van der Waals surface area contributed by atoms with Crippen molar-refractivity contribution in [3.05, 3.63) is 60.1 Å². The monoisotopic (exact) mass is 284 g/mol. The van der Waals surface area contributed by atoms with Crippen LogP contribution in [-0.4, -0.2) is 24.5 Å². The minimum absolute atomic E-state index is 0.224. The molecule has 3 rings (SSSR count). The summed E-state index contributed by atoms with van der Waals surface area (Å²) >= 11 is 0. The minimum atomic E-state index is 0.224. The van der Waals surface area contributed by atoms with Gasteiger partial charge >= 0.3 is 0 Å². The highest BCUT2D eigenvalue weighted by Crippen LogP contribution is 2.33. The van der Waals surface area contributed by atoms with Crippen LogP contribution in [0.15, 0.2) is 53.1 Å². The lowest BCUT2D eigenvalue weighted by atomic mass is 9.92. The molecular weight excluding hydrogens is 260 g/mol. The fourth-order valence-electron chi connectivity index (χ4n) is 3.44. The number of likely N-dealkylation sites (tertiary alicyclic amines) is 1. The first-order valence-corrected chi connectivity index (χ1v) is 7.91. The maximum absolute atomic E-state index is 5.75. The lowest BCUT2D eigenvalue weighted by molar-refractivity contribution is 0.126. The molecule has 2 heterocycles. The van der Waals surface area contributed by atoms with Crippen molar-refractivity contribution in [2.75, 3.05) is 19.6 Å². The lowest BCUT2D eigenvalue weighted by Gasteiger charge is -2.37. The Bertz CT molecular complexity index is 521. The number of piperidine rings is 1. The van der Waals surface area contributed by atoms with E-state index in [9.17, 15) is 0 Å². The molecule has 1 aliphatic heterocycles. The molecule has 1 aromatic carbocycles. The van der Waals surface area contributed by atoms with Gasteiger partial charge < -0.3 is 10.2 Å². The molecule has 0 spiro atoms. The SMILES string of the molecule is NCCC1CCCN(C(c2ccccc2)c2ccco2)C1. The van der Waals surface area contributed by atoms with Crippen LogP contribution in [0.4, 0.5) is 0 Å². The van der Waals surface area contributed by atoms with Crippen LogP contribution >= 0.6 is 0 Å². The molecule has 3 heteroatoms. The smallest absolute Gasteiger partial charge is 0.125 e. The zero-order valence-electron chi connectivity index (χ0n) is 12.4. The third kappa shape index (κ3) is 3.36. The first-order chi connectivity index (χ1) is 10.4. The van der Waals surface area contributed by atoms with E-state index in [1.807, 2.05) is 6.07 Å². The van der Waals surface area contributed by atoms with Crippen molar-refractivity contribution < 1.29 is 4.42 Å². The van der Waals surface area contributed by atoms with Crippen molar-refractivity contribution in [2.24, 2.45) is 11.7 Å². The number of hydrogen-bond donors (Lipinski definition) is 1. The van der Waals surface area contributed by atoms with E-state index in [1.54, 1.807) is 6.26 Å². The number of benzene rings is 1. The molecule has 1 aromatic heterocycles. The predicted octanol–water partition coefficient (Wildman–Crippen LogP) is 3.43. The molecule has 112 valence electrons. The molecule has 1 aliphatic rings. The Morgan fingerprint density at radius 1 is 1.19 bits per heavy atom. The molecule has 2 aromatic rings. The average Bonchev–Trinajstić information content (AvgIpc) is 3.03. The van der Waals surface area contributed by atoms with Gasteiger partial charge in [-0.3, -0.25) is 4.90 Å². The van der Waals surface area contributed by atoms with Gasteiger partial charge in [0.2, 0.25) is 0 Å². The van der Waals surface area contributed by atoms with Gasteiger partial charge in [-0.25, -0.2) is 0 Å².